The van der Waals surface area contributed by atoms with E-state index >= 15 is 0 Å². The summed E-state index contributed by atoms with van der Waals surface area (Å²) < 4.78 is 33.9. The molecular formula is C23H22F2N4O2. The number of hydrogen-bond acceptors (Lipinski definition) is 4. The molecule has 0 N–H and O–H groups in total. The lowest BCUT2D eigenvalue weighted by atomic mass is 10.0. The van der Waals surface area contributed by atoms with E-state index in [1.807, 2.05) is 19.2 Å². The number of likely N-dealkylation sites (tertiary alicyclic amines) is 1. The Morgan fingerprint density at radius 3 is 2.74 bits per heavy atom. The predicted octanol–water partition coefficient (Wildman–Crippen LogP) is 4.07. The molecule has 0 unspecified atom stereocenters. The van der Waals surface area contributed by atoms with Crippen LogP contribution in [0.3, 0.4) is 0 Å². The molecule has 2 aromatic heterocycles. The van der Waals surface area contributed by atoms with Crippen LogP contribution in [-0.2, 0) is 11.3 Å². The number of nitrogens with zero attached hydrogens (tertiary/aromatic N) is 4. The fourth-order valence-electron chi connectivity index (χ4n) is 3.63. The van der Waals surface area contributed by atoms with E-state index in [1.165, 1.54) is 6.07 Å². The van der Waals surface area contributed by atoms with Gasteiger partial charge < -0.3 is 9.64 Å². The third-order valence-corrected chi connectivity index (χ3v) is 5.16. The van der Waals surface area contributed by atoms with Gasteiger partial charge in [0, 0.05) is 31.1 Å². The van der Waals surface area contributed by atoms with Crippen LogP contribution in [0.5, 0.6) is 5.75 Å². The van der Waals surface area contributed by atoms with Gasteiger partial charge in [0.1, 0.15) is 6.33 Å². The molecule has 1 aliphatic rings. The molecule has 1 amide bonds. The Labute approximate surface area is 178 Å². The van der Waals surface area contributed by atoms with Crippen molar-refractivity contribution in [3.05, 3.63) is 77.0 Å². The van der Waals surface area contributed by atoms with Gasteiger partial charge in [-0.2, -0.15) is 0 Å². The molecule has 0 bridgehead atoms. The Kier molecular flexibility index (Phi) is 5.79. The first-order chi connectivity index (χ1) is 14.9. The number of piperidine rings is 1. The largest absolute Gasteiger partial charge is 0.493 e. The summed E-state index contributed by atoms with van der Waals surface area (Å²) in [5.74, 6) is -0.757. The number of aromatic nitrogens is 3. The van der Waals surface area contributed by atoms with Crippen molar-refractivity contribution in [3.63, 3.8) is 0 Å². The number of pyridine rings is 1. The number of carbonyl (C=O) groups is 1. The summed E-state index contributed by atoms with van der Waals surface area (Å²) in [5, 5.41) is 0. The van der Waals surface area contributed by atoms with Gasteiger partial charge in [-0.15, -0.1) is 0 Å². The van der Waals surface area contributed by atoms with Crippen molar-refractivity contribution in [1.29, 1.82) is 0 Å². The average molecular weight is 424 g/mol. The van der Waals surface area contributed by atoms with E-state index in [4.69, 9.17) is 4.74 Å². The van der Waals surface area contributed by atoms with Gasteiger partial charge in [-0.25, -0.2) is 18.7 Å². The standard InChI is InChI=1S/C23H22F2N4O2/c1-15-12-29(14-27-15)22-21(31-2)10-17(11-26-22)8-18-4-3-7-28(23(18)30)13-16-5-6-19(24)20(25)9-16/h5-6,8-12,14H,3-4,7,13H2,1-2H3/b18-8+. The molecule has 1 fully saturated rings. The number of ether oxygens (including phenoxy) is 1. The lowest BCUT2D eigenvalue weighted by Gasteiger charge is -2.28. The number of benzene rings is 1. The summed E-state index contributed by atoms with van der Waals surface area (Å²) in [5.41, 5.74) is 2.81. The van der Waals surface area contributed by atoms with Crippen molar-refractivity contribution in [2.75, 3.05) is 13.7 Å². The minimum absolute atomic E-state index is 0.121. The normalized spacial score (nSPS) is 15.5. The monoisotopic (exact) mass is 424 g/mol. The lowest BCUT2D eigenvalue weighted by Crippen LogP contribution is -2.36. The van der Waals surface area contributed by atoms with Gasteiger partial charge in [-0.3, -0.25) is 9.36 Å². The van der Waals surface area contributed by atoms with E-state index in [9.17, 15) is 13.6 Å². The molecule has 160 valence electrons. The fraction of sp³-hybridized carbons (Fsp3) is 0.261. The van der Waals surface area contributed by atoms with Crippen LogP contribution < -0.4 is 4.74 Å². The number of carbonyl (C=O) groups excluding carboxylic acids is 1. The molecule has 0 radical (unpaired) electrons. The van der Waals surface area contributed by atoms with Crippen LogP contribution in [0, 0.1) is 18.6 Å². The van der Waals surface area contributed by atoms with Crippen molar-refractivity contribution in [3.8, 4) is 11.6 Å². The molecular weight excluding hydrogens is 402 g/mol. The van der Waals surface area contributed by atoms with Gasteiger partial charge in [0.15, 0.2) is 23.2 Å². The molecule has 0 spiro atoms. The molecule has 1 aliphatic heterocycles. The molecule has 0 atom stereocenters. The maximum Gasteiger partial charge on any atom is 0.250 e. The summed E-state index contributed by atoms with van der Waals surface area (Å²) in [4.78, 5) is 23.3. The lowest BCUT2D eigenvalue weighted by molar-refractivity contribution is -0.129. The number of amides is 1. The summed E-state index contributed by atoms with van der Waals surface area (Å²) in [6.07, 6.45) is 8.43. The van der Waals surface area contributed by atoms with Gasteiger partial charge in [0.25, 0.3) is 0 Å². The first-order valence-electron chi connectivity index (χ1n) is 9.93. The minimum atomic E-state index is -0.913. The Morgan fingerprint density at radius 1 is 1.19 bits per heavy atom. The van der Waals surface area contributed by atoms with Gasteiger partial charge >= 0.3 is 0 Å². The molecule has 1 aromatic carbocycles. The second-order valence-corrected chi connectivity index (χ2v) is 7.47. The van der Waals surface area contributed by atoms with Crippen molar-refractivity contribution in [2.45, 2.75) is 26.3 Å². The molecule has 3 heterocycles. The fourth-order valence-corrected chi connectivity index (χ4v) is 3.63. The maximum atomic E-state index is 13.5. The SMILES string of the molecule is COc1cc(/C=C2\CCCN(Cc3ccc(F)c(F)c3)C2=O)cnc1-n1cnc(C)c1. The Bertz CT molecular complexity index is 1160. The van der Waals surface area contributed by atoms with E-state index in [2.05, 4.69) is 9.97 Å². The van der Waals surface area contributed by atoms with Crippen molar-refractivity contribution in [2.24, 2.45) is 0 Å². The van der Waals surface area contributed by atoms with Crippen LogP contribution in [0.15, 0.2) is 48.6 Å². The third-order valence-electron chi connectivity index (χ3n) is 5.16. The van der Waals surface area contributed by atoms with E-state index in [-0.39, 0.29) is 12.5 Å². The smallest absolute Gasteiger partial charge is 0.250 e. The van der Waals surface area contributed by atoms with Gasteiger partial charge in [0.05, 0.1) is 12.8 Å². The summed E-state index contributed by atoms with van der Waals surface area (Å²) in [6.45, 7) is 2.69. The second-order valence-electron chi connectivity index (χ2n) is 7.47. The van der Waals surface area contributed by atoms with E-state index < -0.39 is 11.6 Å². The minimum Gasteiger partial charge on any atom is -0.493 e. The van der Waals surface area contributed by atoms with Crippen molar-refractivity contribution in [1.82, 2.24) is 19.4 Å². The molecule has 0 aliphatic carbocycles. The highest BCUT2D eigenvalue weighted by molar-refractivity contribution is 5.98. The van der Waals surface area contributed by atoms with E-state index in [1.54, 1.807) is 35.2 Å². The number of halogens is 2. The highest BCUT2D eigenvalue weighted by Gasteiger charge is 2.23. The average Bonchev–Trinajstić information content (AvgIpc) is 3.19. The van der Waals surface area contributed by atoms with Crippen molar-refractivity contribution < 1.29 is 18.3 Å². The number of imidazole rings is 1. The number of aryl methyl sites for hydroxylation is 1. The van der Waals surface area contributed by atoms with E-state index in [0.717, 1.165) is 29.8 Å². The zero-order valence-corrected chi connectivity index (χ0v) is 17.3. The highest BCUT2D eigenvalue weighted by atomic mass is 19.2. The maximum absolute atomic E-state index is 13.5. The quantitative estimate of drug-likeness (QED) is 0.580. The van der Waals surface area contributed by atoms with E-state index in [0.29, 0.717) is 35.7 Å². The summed E-state index contributed by atoms with van der Waals surface area (Å²) in [6, 6.07) is 5.53. The van der Waals surface area contributed by atoms with Gasteiger partial charge in [-0.1, -0.05) is 6.07 Å². The molecule has 3 aromatic rings. The molecule has 31 heavy (non-hydrogen) atoms. The summed E-state index contributed by atoms with van der Waals surface area (Å²) in [7, 11) is 1.57. The number of rotatable bonds is 5. The molecule has 6 nitrogen and oxygen atoms in total. The van der Waals surface area contributed by atoms with Crippen LogP contribution in [0.25, 0.3) is 11.9 Å². The Hall–Kier alpha value is -3.55. The molecule has 1 saturated heterocycles. The Morgan fingerprint density at radius 2 is 2.03 bits per heavy atom. The number of methoxy groups -OCH3 is 1. The zero-order valence-electron chi connectivity index (χ0n) is 17.3. The first-order valence-corrected chi connectivity index (χ1v) is 9.93. The summed E-state index contributed by atoms with van der Waals surface area (Å²) >= 11 is 0. The topological polar surface area (TPSA) is 60.2 Å². The first kappa shape index (κ1) is 20.7. The third kappa shape index (κ3) is 4.47. The highest BCUT2D eigenvalue weighted by Crippen LogP contribution is 2.26. The molecule has 4 rings (SSSR count). The van der Waals surface area contributed by atoms with Crippen LogP contribution in [0.1, 0.15) is 29.7 Å². The van der Waals surface area contributed by atoms with Gasteiger partial charge in [-0.05, 0) is 55.2 Å². The van der Waals surface area contributed by atoms with Crippen LogP contribution in [0.2, 0.25) is 0 Å². The van der Waals surface area contributed by atoms with Crippen molar-refractivity contribution >= 4 is 12.0 Å². The predicted molar refractivity (Wildman–Crippen MR) is 112 cm³/mol. The van der Waals surface area contributed by atoms with Crippen LogP contribution >= 0.6 is 0 Å². The van der Waals surface area contributed by atoms with Gasteiger partial charge in [0.2, 0.25) is 5.91 Å². The second kappa shape index (κ2) is 8.67. The number of hydrogen-bond donors (Lipinski definition) is 0. The molecule has 8 heteroatoms. The Balaban J connectivity index is 1.56. The molecule has 0 saturated carbocycles. The zero-order chi connectivity index (χ0) is 22.0. The van der Waals surface area contributed by atoms with Crippen LogP contribution in [0.4, 0.5) is 8.78 Å². The van der Waals surface area contributed by atoms with Crippen LogP contribution in [-0.4, -0.2) is 39.0 Å².